The van der Waals surface area contributed by atoms with Gasteiger partial charge >= 0.3 is 0 Å². The monoisotopic (exact) mass is 398 g/mol. The number of nitrogens with zero attached hydrogens (tertiary/aromatic N) is 1. The van der Waals surface area contributed by atoms with Crippen LogP contribution in [-0.2, 0) is 11.2 Å². The van der Waals surface area contributed by atoms with Crippen LogP contribution in [0, 0.1) is 11.3 Å². The fourth-order valence-corrected chi connectivity index (χ4v) is 2.98. The molecule has 0 atom stereocenters. The van der Waals surface area contributed by atoms with Gasteiger partial charge < -0.3 is 14.8 Å². The molecule has 2 aromatic rings. The van der Waals surface area contributed by atoms with Gasteiger partial charge in [-0.2, -0.15) is 5.26 Å². The molecule has 1 heterocycles. The van der Waals surface area contributed by atoms with Crippen molar-refractivity contribution in [3.8, 4) is 17.6 Å². The van der Waals surface area contributed by atoms with Crippen LogP contribution in [0.4, 0.5) is 5.69 Å². The van der Waals surface area contributed by atoms with Crippen molar-refractivity contribution in [2.45, 2.75) is 13.3 Å². The molecule has 25 heavy (non-hydrogen) atoms. The normalized spacial score (nSPS) is 12.6. The van der Waals surface area contributed by atoms with Gasteiger partial charge in [-0.05, 0) is 63.8 Å². The Kier molecular flexibility index (Phi) is 5.05. The van der Waals surface area contributed by atoms with Crippen molar-refractivity contribution in [1.82, 2.24) is 0 Å². The fraction of sp³-hybridized carbons (Fsp3) is 0.158. The van der Waals surface area contributed by atoms with E-state index in [1.165, 1.54) is 11.6 Å². The molecular weight excluding hydrogens is 384 g/mol. The number of nitriles is 1. The number of rotatable bonds is 4. The van der Waals surface area contributed by atoms with Gasteiger partial charge in [0.2, 0.25) is 6.79 Å². The number of benzene rings is 2. The maximum Gasteiger partial charge on any atom is 0.266 e. The number of halogens is 1. The number of hydrogen-bond donors (Lipinski definition) is 1. The van der Waals surface area contributed by atoms with E-state index in [4.69, 9.17) is 9.47 Å². The van der Waals surface area contributed by atoms with Crippen LogP contribution in [0.25, 0.3) is 6.08 Å². The van der Waals surface area contributed by atoms with E-state index in [0.29, 0.717) is 27.2 Å². The lowest BCUT2D eigenvalue weighted by molar-refractivity contribution is -0.112. The highest BCUT2D eigenvalue weighted by Crippen LogP contribution is 2.40. The summed E-state index contributed by atoms with van der Waals surface area (Å²) in [6.07, 6.45) is 2.44. The van der Waals surface area contributed by atoms with Crippen LogP contribution in [0.2, 0.25) is 0 Å². The molecule has 6 heteroatoms. The molecule has 0 saturated carbocycles. The maximum absolute atomic E-state index is 12.4. The molecular formula is C19H15BrN2O3. The Bertz CT molecular complexity index is 883. The van der Waals surface area contributed by atoms with Crippen LogP contribution in [0.15, 0.2) is 46.4 Å². The van der Waals surface area contributed by atoms with E-state index >= 15 is 0 Å². The number of carbonyl (C=O) groups is 1. The lowest BCUT2D eigenvalue weighted by atomic mass is 10.1. The van der Waals surface area contributed by atoms with E-state index < -0.39 is 5.91 Å². The third-order valence-corrected chi connectivity index (χ3v) is 4.33. The van der Waals surface area contributed by atoms with Gasteiger partial charge in [0.1, 0.15) is 11.6 Å². The second kappa shape index (κ2) is 7.41. The zero-order valence-electron chi connectivity index (χ0n) is 13.5. The van der Waals surface area contributed by atoms with E-state index in [9.17, 15) is 10.1 Å². The average molecular weight is 399 g/mol. The van der Waals surface area contributed by atoms with Crippen LogP contribution < -0.4 is 14.8 Å². The zero-order chi connectivity index (χ0) is 17.8. The zero-order valence-corrected chi connectivity index (χ0v) is 15.1. The van der Waals surface area contributed by atoms with Crippen LogP contribution in [0.3, 0.4) is 0 Å². The maximum atomic E-state index is 12.4. The Hall–Kier alpha value is -2.78. The first-order valence-electron chi connectivity index (χ1n) is 7.72. The van der Waals surface area contributed by atoms with Gasteiger partial charge in [-0.15, -0.1) is 0 Å². The quantitative estimate of drug-likeness (QED) is 0.615. The predicted octanol–water partition coefficient (Wildman–Crippen LogP) is 4.29. The topological polar surface area (TPSA) is 71.4 Å². The highest BCUT2D eigenvalue weighted by Gasteiger charge is 2.18. The van der Waals surface area contributed by atoms with Crippen molar-refractivity contribution < 1.29 is 14.3 Å². The molecule has 1 aliphatic rings. The number of anilines is 1. The summed E-state index contributed by atoms with van der Waals surface area (Å²) in [6.45, 7) is 2.22. The van der Waals surface area contributed by atoms with Crippen molar-refractivity contribution in [2.75, 3.05) is 12.1 Å². The number of carbonyl (C=O) groups excluding carboxylic acids is 1. The number of nitrogens with one attached hydrogen (secondary N) is 1. The Morgan fingerprint density at radius 1 is 1.32 bits per heavy atom. The first-order chi connectivity index (χ1) is 12.1. The molecule has 1 N–H and O–H groups in total. The Morgan fingerprint density at radius 2 is 2.08 bits per heavy atom. The summed E-state index contributed by atoms with van der Waals surface area (Å²) < 4.78 is 11.4. The third kappa shape index (κ3) is 3.83. The van der Waals surface area contributed by atoms with E-state index in [0.717, 1.165) is 6.42 Å². The second-order valence-corrected chi connectivity index (χ2v) is 6.27. The number of hydrogen-bond acceptors (Lipinski definition) is 4. The van der Waals surface area contributed by atoms with Crippen LogP contribution in [0.1, 0.15) is 18.1 Å². The highest BCUT2D eigenvalue weighted by atomic mass is 79.9. The fourth-order valence-electron chi connectivity index (χ4n) is 2.41. The summed E-state index contributed by atoms with van der Waals surface area (Å²) in [7, 11) is 0. The summed E-state index contributed by atoms with van der Waals surface area (Å²) in [5, 5.41) is 12.1. The Balaban J connectivity index is 1.81. The molecule has 0 saturated heterocycles. The summed E-state index contributed by atoms with van der Waals surface area (Å²) in [6, 6.07) is 13.0. The molecule has 126 valence electrons. The number of ether oxygens (including phenoxy) is 2. The van der Waals surface area contributed by atoms with Crippen molar-refractivity contribution >= 4 is 33.6 Å². The largest absolute Gasteiger partial charge is 0.454 e. The molecule has 3 rings (SSSR count). The second-order valence-electron chi connectivity index (χ2n) is 5.41. The molecule has 2 aromatic carbocycles. The predicted molar refractivity (Wildman–Crippen MR) is 98.3 cm³/mol. The smallest absolute Gasteiger partial charge is 0.266 e. The molecule has 0 fully saturated rings. The molecule has 5 nitrogen and oxygen atoms in total. The minimum atomic E-state index is -0.458. The minimum absolute atomic E-state index is 0.00494. The molecule has 0 radical (unpaired) electrons. The number of aryl methyl sites for hydroxylation is 1. The molecule has 0 aliphatic carbocycles. The summed E-state index contributed by atoms with van der Waals surface area (Å²) in [5.41, 5.74) is 2.50. The summed E-state index contributed by atoms with van der Waals surface area (Å²) >= 11 is 3.40. The van der Waals surface area contributed by atoms with Crippen molar-refractivity contribution in [3.63, 3.8) is 0 Å². The van der Waals surface area contributed by atoms with Gasteiger partial charge in [0.05, 0.1) is 4.47 Å². The van der Waals surface area contributed by atoms with Gasteiger partial charge in [-0.25, -0.2) is 0 Å². The van der Waals surface area contributed by atoms with E-state index in [1.807, 2.05) is 30.3 Å². The van der Waals surface area contributed by atoms with Crippen LogP contribution >= 0.6 is 15.9 Å². The van der Waals surface area contributed by atoms with Crippen molar-refractivity contribution in [1.29, 1.82) is 5.26 Å². The van der Waals surface area contributed by atoms with Gasteiger partial charge in [0.25, 0.3) is 5.91 Å². The van der Waals surface area contributed by atoms with Crippen molar-refractivity contribution in [3.05, 3.63) is 57.6 Å². The molecule has 1 aliphatic heterocycles. The number of amides is 1. The summed E-state index contributed by atoms with van der Waals surface area (Å²) in [5.74, 6) is 0.741. The van der Waals surface area contributed by atoms with Crippen LogP contribution in [-0.4, -0.2) is 12.7 Å². The van der Waals surface area contributed by atoms with Gasteiger partial charge in [-0.3, -0.25) is 4.79 Å². The molecule has 0 bridgehead atoms. The van der Waals surface area contributed by atoms with E-state index in [-0.39, 0.29) is 12.4 Å². The van der Waals surface area contributed by atoms with Gasteiger partial charge in [-0.1, -0.05) is 19.1 Å². The van der Waals surface area contributed by atoms with Crippen LogP contribution in [0.5, 0.6) is 11.5 Å². The lowest BCUT2D eigenvalue weighted by Crippen LogP contribution is -2.13. The molecule has 0 unspecified atom stereocenters. The first-order valence-corrected chi connectivity index (χ1v) is 8.51. The Labute approximate surface area is 154 Å². The average Bonchev–Trinajstić information content (AvgIpc) is 3.09. The van der Waals surface area contributed by atoms with Gasteiger partial charge in [0.15, 0.2) is 11.5 Å². The molecule has 0 aromatic heterocycles. The van der Waals surface area contributed by atoms with Crippen molar-refractivity contribution in [2.24, 2.45) is 0 Å². The molecule has 0 spiro atoms. The van der Waals surface area contributed by atoms with E-state index in [1.54, 1.807) is 12.1 Å². The molecule has 1 amide bonds. The van der Waals surface area contributed by atoms with Gasteiger partial charge in [0, 0.05) is 5.69 Å². The first kappa shape index (κ1) is 17.1. The Morgan fingerprint density at radius 3 is 2.76 bits per heavy atom. The standard InChI is InChI=1S/C19H15BrN2O3/c1-2-12-3-5-15(6-4-12)22-19(23)14(10-21)7-13-8-16(20)18-17(9-13)24-11-25-18/h3-9H,2,11H2,1H3,(H,22,23)/b14-7+. The highest BCUT2D eigenvalue weighted by molar-refractivity contribution is 9.10. The lowest BCUT2D eigenvalue weighted by Gasteiger charge is -2.06. The third-order valence-electron chi connectivity index (χ3n) is 3.75. The summed E-state index contributed by atoms with van der Waals surface area (Å²) in [4.78, 5) is 12.4. The number of fused-ring (bicyclic) bond motifs is 1. The minimum Gasteiger partial charge on any atom is -0.454 e. The van der Waals surface area contributed by atoms with E-state index in [2.05, 4.69) is 28.2 Å². The SMILES string of the molecule is CCc1ccc(NC(=O)/C(C#N)=C/c2cc(Br)c3c(c2)OCO3)cc1.